The van der Waals surface area contributed by atoms with Crippen LogP contribution in [-0.2, 0) is 24.6 Å². The number of hydrogen-bond acceptors (Lipinski definition) is 10. The minimum absolute atomic E-state index is 0.106. The molecule has 0 aliphatic carbocycles. The Labute approximate surface area is 394 Å². The van der Waals surface area contributed by atoms with Gasteiger partial charge in [0.2, 0.25) is 5.41 Å². The van der Waals surface area contributed by atoms with Crippen molar-refractivity contribution in [3.63, 3.8) is 0 Å². The second-order valence-corrected chi connectivity index (χ2v) is 16.0. The molecule has 0 spiro atoms. The number of halogens is 6. The number of carbonyl (C=O) groups is 8. The number of benzene rings is 6. The predicted octanol–water partition coefficient (Wildman–Crippen LogP) is 9.14. The number of nitrogens with zero attached hydrogens (tertiary/aromatic N) is 4. The largest absolute Gasteiger partial charge is 0.457 e. The molecule has 71 heavy (non-hydrogen) atoms. The summed E-state index contributed by atoms with van der Waals surface area (Å²) in [6.07, 6.45) is -7.91. The molecule has 0 fully saturated rings. The van der Waals surface area contributed by atoms with Gasteiger partial charge in [0.15, 0.2) is 0 Å². The van der Waals surface area contributed by atoms with Crippen molar-refractivity contribution in [2.24, 2.45) is 0 Å². The molecule has 14 nitrogen and oxygen atoms in total. The number of rotatable bonds is 10. The van der Waals surface area contributed by atoms with Crippen molar-refractivity contribution in [2.45, 2.75) is 17.8 Å². The Balaban J connectivity index is 0.892. The number of imide groups is 4. The molecule has 6 aromatic rings. The van der Waals surface area contributed by atoms with Crippen molar-refractivity contribution in [1.29, 1.82) is 0 Å². The van der Waals surface area contributed by atoms with Crippen LogP contribution >= 0.6 is 0 Å². The lowest BCUT2D eigenvalue weighted by atomic mass is 9.71. The fraction of sp³-hybridized carbons (Fsp3) is 0.0588. The van der Waals surface area contributed by atoms with Crippen LogP contribution in [-0.4, -0.2) is 59.6 Å². The molecule has 0 aromatic heterocycles. The van der Waals surface area contributed by atoms with Gasteiger partial charge in [0.05, 0.1) is 45.0 Å². The number of fused-ring (bicyclic) bond motifs is 2. The summed E-state index contributed by atoms with van der Waals surface area (Å²) in [5, 5.41) is 0. The van der Waals surface area contributed by atoms with Gasteiger partial charge in [-0.1, -0.05) is 12.1 Å². The Hall–Kier alpha value is -9.46. The fourth-order valence-electron chi connectivity index (χ4n) is 8.63. The first-order valence-electron chi connectivity index (χ1n) is 20.8. The van der Waals surface area contributed by atoms with Crippen LogP contribution in [0.5, 0.6) is 23.0 Å². The maximum Gasteiger partial charge on any atom is 0.411 e. The third kappa shape index (κ3) is 7.30. The summed E-state index contributed by atoms with van der Waals surface area (Å²) >= 11 is 0. The highest BCUT2D eigenvalue weighted by Gasteiger charge is 2.73. The first kappa shape index (κ1) is 45.3. The minimum Gasteiger partial charge on any atom is -0.457 e. The lowest BCUT2D eigenvalue weighted by Crippen LogP contribution is -2.55. The molecule has 0 radical (unpaired) electrons. The van der Waals surface area contributed by atoms with Gasteiger partial charge in [-0.25, -0.2) is 19.6 Å². The highest BCUT2D eigenvalue weighted by Crippen LogP contribution is 2.57. The van der Waals surface area contributed by atoms with Crippen LogP contribution in [0.1, 0.15) is 52.6 Å². The summed E-state index contributed by atoms with van der Waals surface area (Å²) in [5.41, 5.74) is -10.1. The minimum atomic E-state index is -6.20. The zero-order chi connectivity index (χ0) is 50.3. The molecule has 4 aliphatic heterocycles. The number of amides is 8. The first-order chi connectivity index (χ1) is 33.8. The molecular formula is C51H26F6N4O10. The van der Waals surface area contributed by atoms with Crippen LogP contribution < -0.4 is 29.1 Å². The summed E-state index contributed by atoms with van der Waals surface area (Å²) in [6.45, 7) is 0. The van der Waals surface area contributed by atoms with Crippen LogP contribution in [0.15, 0.2) is 158 Å². The van der Waals surface area contributed by atoms with Gasteiger partial charge in [-0.2, -0.15) is 26.3 Å². The molecule has 0 N–H and O–H groups in total. The SMILES string of the molecule is O=C1C=CC(=O)N1c1ccc(Oc2ccc(N3C(=O)c4ccc(C(c5ccc6c(c5)C(=O)N(c5ccc(Oc7ccc(N8C(=O)C=CC8=O)cc7)cc5)C6=O)(C(F)(F)F)C(F)(F)F)cc4C3=O)cc2)cc1. The molecule has 0 unspecified atom stereocenters. The third-order valence-electron chi connectivity index (χ3n) is 12.0. The highest BCUT2D eigenvalue weighted by atomic mass is 19.4. The number of hydrogen-bond donors (Lipinski definition) is 0. The van der Waals surface area contributed by atoms with E-state index in [2.05, 4.69) is 0 Å². The molecular weight excluding hydrogens is 943 g/mol. The van der Waals surface area contributed by atoms with Gasteiger partial charge in [-0.3, -0.25) is 38.4 Å². The molecule has 352 valence electrons. The normalized spacial score (nSPS) is 15.7. The van der Waals surface area contributed by atoms with E-state index in [4.69, 9.17) is 9.47 Å². The molecule has 4 heterocycles. The molecule has 0 saturated carbocycles. The van der Waals surface area contributed by atoms with Gasteiger partial charge in [0.1, 0.15) is 23.0 Å². The standard InChI is InChI=1S/C51H26F6N4O10/c52-50(53,54)49(51(55,56)57,27-1-19-37-39(25-27)47(68)60(45(37)66)31-7-15-35(16-8-31)70-33-11-3-29(4-12-33)58-41(62)21-22-42(58)63)28-2-20-38-40(26-28)48(69)61(46(38)67)32-9-17-36(18-10-32)71-34-13-5-30(6-14-34)59-43(64)23-24-44(59)65/h1-26H. The van der Waals surface area contributed by atoms with Gasteiger partial charge in [0.25, 0.3) is 47.3 Å². The van der Waals surface area contributed by atoms with Crippen LogP contribution in [0.3, 0.4) is 0 Å². The van der Waals surface area contributed by atoms with Gasteiger partial charge in [-0.05, 0) is 132 Å². The van der Waals surface area contributed by atoms with Crippen LogP contribution in [0, 0.1) is 0 Å². The number of alkyl halides is 6. The van der Waals surface area contributed by atoms with E-state index in [0.717, 1.165) is 34.1 Å². The molecule has 8 amide bonds. The van der Waals surface area contributed by atoms with Crippen LogP contribution in [0.4, 0.5) is 49.1 Å². The Morgan fingerprint density at radius 1 is 0.310 bits per heavy atom. The van der Waals surface area contributed by atoms with Crippen LogP contribution in [0.2, 0.25) is 0 Å². The van der Waals surface area contributed by atoms with E-state index in [0.29, 0.717) is 46.2 Å². The zero-order valence-electron chi connectivity index (χ0n) is 35.7. The Kier molecular flexibility index (Phi) is 10.4. The Morgan fingerprint density at radius 3 is 0.831 bits per heavy atom. The zero-order valence-corrected chi connectivity index (χ0v) is 35.7. The molecule has 20 heteroatoms. The molecule has 10 rings (SSSR count). The quantitative estimate of drug-likeness (QED) is 0.0954. The highest BCUT2D eigenvalue weighted by molar-refractivity contribution is 6.35. The molecule has 0 atom stereocenters. The smallest absolute Gasteiger partial charge is 0.411 e. The number of carbonyl (C=O) groups excluding carboxylic acids is 8. The van der Waals surface area contributed by atoms with Crippen molar-refractivity contribution >= 4 is 70.0 Å². The van der Waals surface area contributed by atoms with E-state index in [1.807, 2.05) is 0 Å². The summed E-state index contributed by atoms with van der Waals surface area (Å²) in [7, 11) is 0. The first-order valence-corrected chi connectivity index (χ1v) is 20.8. The fourth-order valence-corrected chi connectivity index (χ4v) is 8.63. The second-order valence-electron chi connectivity index (χ2n) is 16.0. The molecule has 0 bridgehead atoms. The summed E-state index contributed by atoms with van der Waals surface area (Å²) in [4.78, 5) is 106. The molecule has 0 saturated heterocycles. The van der Waals surface area contributed by atoms with Crippen molar-refractivity contribution in [3.05, 3.63) is 191 Å². The average molecular weight is 969 g/mol. The van der Waals surface area contributed by atoms with Gasteiger partial charge < -0.3 is 9.47 Å². The maximum absolute atomic E-state index is 15.5. The van der Waals surface area contributed by atoms with E-state index in [-0.39, 0.29) is 45.7 Å². The van der Waals surface area contributed by atoms with Gasteiger partial charge in [-0.15, -0.1) is 0 Å². The van der Waals surface area contributed by atoms with Gasteiger partial charge in [0, 0.05) is 24.3 Å². The molecule has 4 aliphatic rings. The van der Waals surface area contributed by atoms with E-state index in [1.54, 1.807) is 0 Å². The third-order valence-corrected chi connectivity index (χ3v) is 12.0. The summed E-state index contributed by atoms with van der Waals surface area (Å²) in [5.74, 6) is -5.82. The molecule has 6 aromatic carbocycles. The Bertz CT molecular complexity index is 3140. The van der Waals surface area contributed by atoms with Crippen molar-refractivity contribution in [1.82, 2.24) is 0 Å². The lowest BCUT2D eigenvalue weighted by molar-refractivity contribution is -0.288. The maximum atomic E-state index is 15.5. The lowest BCUT2D eigenvalue weighted by Gasteiger charge is -2.38. The van der Waals surface area contributed by atoms with E-state index >= 15 is 26.3 Å². The average Bonchev–Trinajstić information content (AvgIpc) is 4.01. The van der Waals surface area contributed by atoms with E-state index in [1.165, 1.54) is 97.1 Å². The predicted molar refractivity (Wildman–Crippen MR) is 237 cm³/mol. The van der Waals surface area contributed by atoms with Crippen molar-refractivity contribution < 1.29 is 74.2 Å². The van der Waals surface area contributed by atoms with E-state index < -0.39 is 98.4 Å². The van der Waals surface area contributed by atoms with Crippen molar-refractivity contribution in [2.75, 3.05) is 19.6 Å². The van der Waals surface area contributed by atoms with Crippen LogP contribution in [0.25, 0.3) is 0 Å². The second kappa shape index (κ2) is 16.4. The number of ether oxygens (including phenoxy) is 2. The number of anilines is 4. The van der Waals surface area contributed by atoms with E-state index in [9.17, 15) is 38.4 Å². The monoisotopic (exact) mass is 968 g/mol. The summed E-state index contributed by atoms with van der Waals surface area (Å²) in [6, 6.07) is 25.0. The van der Waals surface area contributed by atoms with Gasteiger partial charge >= 0.3 is 12.4 Å². The topological polar surface area (TPSA) is 168 Å². The Morgan fingerprint density at radius 2 is 0.563 bits per heavy atom. The summed E-state index contributed by atoms with van der Waals surface area (Å²) < 4.78 is 104. The van der Waals surface area contributed by atoms with Crippen molar-refractivity contribution in [3.8, 4) is 23.0 Å².